The van der Waals surface area contributed by atoms with Gasteiger partial charge >= 0.3 is 0 Å². The van der Waals surface area contributed by atoms with Crippen LogP contribution in [0.5, 0.6) is 0 Å². The van der Waals surface area contributed by atoms with E-state index in [1.54, 1.807) is 0 Å². The molecule has 2 heterocycles. The topological polar surface area (TPSA) is 66.4 Å². The summed E-state index contributed by atoms with van der Waals surface area (Å²) in [6, 6.07) is 1.55. The molecule has 1 fully saturated rings. The lowest BCUT2D eigenvalue weighted by Crippen LogP contribution is -2.37. The van der Waals surface area contributed by atoms with Gasteiger partial charge in [-0.1, -0.05) is 0 Å². The molecule has 102 valence electrons. The highest BCUT2D eigenvalue weighted by Gasteiger charge is 2.25. The average molecular weight is 372 g/mol. The number of nitrogens with one attached hydrogen (secondary N) is 1. The molecule has 0 amide bonds. The fourth-order valence-electron chi connectivity index (χ4n) is 1.76. The van der Waals surface area contributed by atoms with Crippen LogP contribution in [0.3, 0.4) is 0 Å². The highest BCUT2D eigenvalue weighted by molar-refractivity contribution is 9.11. The van der Waals surface area contributed by atoms with Crippen molar-refractivity contribution in [3.63, 3.8) is 0 Å². The van der Waals surface area contributed by atoms with Gasteiger partial charge in [0.2, 0.25) is 10.0 Å². The van der Waals surface area contributed by atoms with Gasteiger partial charge in [0.15, 0.2) is 0 Å². The Hall–Kier alpha value is 0.400. The Balaban J connectivity index is 2.16. The van der Waals surface area contributed by atoms with Gasteiger partial charge in [0.25, 0.3) is 0 Å². The van der Waals surface area contributed by atoms with Crippen LogP contribution >= 0.6 is 39.0 Å². The lowest BCUT2D eigenvalue weighted by Gasteiger charge is -2.22. The molecule has 4 nitrogen and oxygen atoms in total. The van der Waals surface area contributed by atoms with Crippen molar-refractivity contribution in [3.8, 4) is 0 Å². The van der Waals surface area contributed by atoms with Crippen LogP contribution in [0.2, 0.25) is 0 Å². The number of halogens is 1. The van der Waals surface area contributed by atoms with Crippen LogP contribution in [0.1, 0.15) is 17.7 Å². The van der Waals surface area contributed by atoms with E-state index in [4.69, 9.17) is 5.11 Å². The summed E-state index contributed by atoms with van der Waals surface area (Å²) < 4.78 is 27.7. The normalized spacial score (nSPS) is 18.1. The Kier molecular flexibility index (Phi) is 5.13. The number of sulfonamides is 1. The van der Waals surface area contributed by atoms with E-state index in [2.05, 4.69) is 20.7 Å². The third-order valence-corrected chi connectivity index (χ3v) is 7.50. The Bertz CT molecular complexity index is 508. The molecule has 0 radical (unpaired) electrons. The summed E-state index contributed by atoms with van der Waals surface area (Å²) in [5.41, 5.74) is 0. The summed E-state index contributed by atoms with van der Waals surface area (Å²) in [6.07, 6.45) is 1.75. The lowest BCUT2D eigenvalue weighted by atomic mass is 10.2. The molecule has 1 aromatic heterocycles. The summed E-state index contributed by atoms with van der Waals surface area (Å²) in [5, 5.41) is 9.03. The van der Waals surface area contributed by atoms with Gasteiger partial charge in [-0.2, -0.15) is 11.8 Å². The number of thiophene rings is 1. The summed E-state index contributed by atoms with van der Waals surface area (Å²) in [5.74, 6) is 2.00. The first-order valence-electron chi connectivity index (χ1n) is 5.52. The molecule has 1 aliphatic heterocycles. The van der Waals surface area contributed by atoms with Gasteiger partial charge in [-0.3, -0.25) is 0 Å². The van der Waals surface area contributed by atoms with Crippen LogP contribution in [-0.4, -0.2) is 31.1 Å². The first-order valence-corrected chi connectivity index (χ1v) is 9.77. The van der Waals surface area contributed by atoms with Gasteiger partial charge in [-0.25, -0.2) is 13.1 Å². The van der Waals surface area contributed by atoms with Crippen molar-refractivity contribution in [3.05, 3.63) is 14.7 Å². The Morgan fingerprint density at radius 1 is 1.44 bits per heavy atom. The first kappa shape index (κ1) is 14.8. The summed E-state index contributed by atoms with van der Waals surface area (Å²) in [7, 11) is -3.49. The Morgan fingerprint density at radius 2 is 2.11 bits per heavy atom. The smallest absolute Gasteiger partial charge is 0.242 e. The van der Waals surface area contributed by atoms with E-state index in [1.165, 1.54) is 17.4 Å². The molecule has 0 saturated carbocycles. The number of hydrogen-bond donors (Lipinski definition) is 2. The van der Waals surface area contributed by atoms with Crippen molar-refractivity contribution in [2.75, 3.05) is 11.5 Å². The van der Waals surface area contributed by atoms with E-state index in [0.29, 0.717) is 8.66 Å². The molecule has 0 aliphatic carbocycles. The van der Waals surface area contributed by atoms with Crippen molar-refractivity contribution < 1.29 is 13.5 Å². The van der Waals surface area contributed by atoms with E-state index in [1.807, 2.05) is 11.8 Å². The molecular formula is C10H14BrNO3S3. The predicted octanol–water partition coefficient (Wildman–Crippen LogP) is 2.18. The fourth-order valence-corrected chi connectivity index (χ4v) is 6.71. The van der Waals surface area contributed by atoms with Crippen LogP contribution in [0.25, 0.3) is 0 Å². The molecule has 18 heavy (non-hydrogen) atoms. The maximum atomic E-state index is 12.2. The maximum absolute atomic E-state index is 12.2. The minimum Gasteiger partial charge on any atom is -0.391 e. The van der Waals surface area contributed by atoms with Crippen LogP contribution in [0.15, 0.2) is 14.7 Å². The molecule has 0 atom stereocenters. The van der Waals surface area contributed by atoms with Crippen molar-refractivity contribution in [1.29, 1.82) is 0 Å². The van der Waals surface area contributed by atoms with Crippen molar-refractivity contribution >= 4 is 49.1 Å². The van der Waals surface area contributed by atoms with E-state index in [9.17, 15) is 8.42 Å². The predicted molar refractivity (Wildman–Crippen MR) is 78.6 cm³/mol. The Labute approximate surface area is 123 Å². The SMILES string of the molecule is O=S(=O)(NC1CCSCC1)c1cc(CO)sc1Br. The van der Waals surface area contributed by atoms with E-state index in [-0.39, 0.29) is 17.5 Å². The van der Waals surface area contributed by atoms with Crippen LogP contribution < -0.4 is 4.72 Å². The molecular weight excluding hydrogens is 358 g/mol. The summed E-state index contributed by atoms with van der Waals surface area (Å²) in [6.45, 7) is -0.140. The second kappa shape index (κ2) is 6.23. The van der Waals surface area contributed by atoms with Crippen molar-refractivity contribution in [1.82, 2.24) is 4.72 Å². The zero-order valence-electron chi connectivity index (χ0n) is 9.56. The quantitative estimate of drug-likeness (QED) is 0.850. The number of aliphatic hydroxyl groups is 1. The highest BCUT2D eigenvalue weighted by Crippen LogP contribution is 2.32. The average Bonchev–Trinajstić information content (AvgIpc) is 2.72. The minimum atomic E-state index is -3.49. The number of aliphatic hydroxyl groups excluding tert-OH is 1. The largest absolute Gasteiger partial charge is 0.391 e. The summed E-state index contributed by atoms with van der Waals surface area (Å²) >= 11 is 6.35. The zero-order valence-corrected chi connectivity index (χ0v) is 13.6. The second-order valence-electron chi connectivity index (χ2n) is 4.02. The number of thioether (sulfide) groups is 1. The molecule has 1 aromatic rings. The van der Waals surface area contributed by atoms with Gasteiger partial charge in [0, 0.05) is 10.9 Å². The minimum absolute atomic E-state index is 0.0284. The van der Waals surface area contributed by atoms with Crippen LogP contribution in [0.4, 0.5) is 0 Å². The third-order valence-electron chi connectivity index (χ3n) is 2.69. The molecule has 8 heteroatoms. The fraction of sp³-hybridized carbons (Fsp3) is 0.600. The first-order chi connectivity index (χ1) is 8.53. The van der Waals surface area contributed by atoms with Gasteiger partial charge < -0.3 is 5.11 Å². The third kappa shape index (κ3) is 3.49. The molecule has 0 unspecified atom stereocenters. The van der Waals surface area contributed by atoms with Gasteiger partial charge in [0.05, 0.1) is 10.4 Å². The lowest BCUT2D eigenvalue weighted by molar-refractivity contribution is 0.285. The molecule has 0 bridgehead atoms. The second-order valence-corrected chi connectivity index (χ2v) is 9.38. The van der Waals surface area contributed by atoms with Crippen LogP contribution in [0, 0.1) is 0 Å². The molecule has 1 aliphatic rings. The summed E-state index contributed by atoms with van der Waals surface area (Å²) in [4.78, 5) is 0.872. The van der Waals surface area contributed by atoms with Gasteiger partial charge in [-0.05, 0) is 46.3 Å². The van der Waals surface area contributed by atoms with Gasteiger partial charge in [-0.15, -0.1) is 11.3 Å². The molecule has 1 saturated heterocycles. The monoisotopic (exact) mass is 371 g/mol. The van der Waals surface area contributed by atoms with Crippen LogP contribution in [-0.2, 0) is 16.6 Å². The Morgan fingerprint density at radius 3 is 2.67 bits per heavy atom. The van der Waals surface area contributed by atoms with E-state index in [0.717, 1.165) is 24.3 Å². The van der Waals surface area contributed by atoms with E-state index < -0.39 is 10.0 Å². The number of hydrogen-bond acceptors (Lipinski definition) is 5. The molecule has 0 aromatic carbocycles. The maximum Gasteiger partial charge on any atom is 0.242 e. The van der Waals surface area contributed by atoms with Crippen molar-refractivity contribution in [2.45, 2.75) is 30.4 Å². The molecule has 0 spiro atoms. The number of rotatable bonds is 4. The van der Waals surface area contributed by atoms with Gasteiger partial charge in [0.1, 0.15) is 4.90 Å². The van der Waals surface area contributed by atoms with Crippen molar-refractivity contribution in [2.24, 2.45) is 0 Å². The highest BCUT2D eigenvalue weighted by atomic mass is 79.9. The zero-order chi connectivity index (χ0) is 13.2. The standard InChI is InChI=1S/C10H14BrNO3S3/c11-10-9(5-8(6-13)17-10)18(14,15)12-7-1-3-16-4-2-7/h5,7,12-13H,1-4,6H2. The van der Waals surface area contributed by atoms with E-state index >= 15 is 0 Å². The molecule has 2 rings (SSSR count). The molecule has 2 N–H and O–H groups in total.